The third-order valence-corrected chi connectivity index (χ3v) is 5.36. The number of fused-ring (bicyclic) bond motifs is 1. The monoisotopic (exact) mass is 414 g/mol. The molecule has 29 heavy (non-hydrogen) atoms. The fourth-order valence-corrected chi connectivity index (χ4v) is 3.64. The number of carbonyl (C=O) groups is 5. The second-order valence-corrected chi connectivity index (χ2v) is 7.49. The molecule has 3 rings (SSSR count). The topological polar surface area (TPSA) is 110 Å². The van der Waals surface area contributed by atoms with Crippen LogP contribution in [0.2, 0.25) is 0 Å². The number of ether oxygens (including phenoxy) is 1. The van der Waals surface area contributed by atoms with E-state index in [1.165, 1.54) is 18.3 Å². The summed E-state index contributed by atoms with van der Waals surface area (Å²) in [6, 6.07) is 9.79. The van der Waals surface area contributed by atoms with Crippen LogP contribution in [0, 0.1) is 0 Å². The molecule has 2 heterocycles. The summed E-state index contributed by atoms with van der Waals surface area (Å²) in [6.07, 6.45) is -0.197. The van der Waals surface area contributed by atoms with Crippen LogP contribution in [0.4, 0.5) is 0 Å². The molecule has 150 valence electrons. The van der Waals surface area contributed by atoms with Crippen LogP contribution in [0.15, 0.2) is 36.4 Å². The van der Waals surface area contributed by atoms with Crippen LogP contribution < -0.4 is 5.32 Å². The second-order valence-electron chi connectivity index (χ2n) is 6.32. The van der Waals surface area contributed by atoms with Crippen LogP contribution in [-0.4, -0.2) is 47.5 Å². The Morgan fingerprint density at radius 3 is 2.31 bits per heavy atom. The molecular weight excluding hydrogens is 396 g/mol. The number of thiophene rings is 1. The van der Waals surface area contributed by atoms with Gasteiger partial charge in [-0.3, -0.25) is 28.9 Å². The van der Waals surface area contributed by atoms with Gasteiger partial charge in [-0.1, -0.05) is 12.1 Å². The van der Waals surface area contributed by atoms with Crippen molar-refractivity contribution in [3.63, 3.8) is 0 Å². The van der Waals surface area contributed by atoms with Gasteiger partial charge in [0, 0.05) is 18.3 Å². The van der Waals surface area contributed by atoms with Crippen molar-refractivity contribution in [1.29, 1.82) is 0 Å². The third kappa shape index (κ3) is 4.75. The minimum absolute atomic E-state index is 0.112. The number of esters is 1. The molecule has 8 nitrogen and oxygen atoms in total. The highest BCUT2D eigenvalue weighted by atomic mass is 32.1. The molecule has 1 aromatic carbocycles. The van der Waals surface area contributed by atoms with Gasteiger partial charge in [0.1, 0.15) is 0 Å². The number of hydrogen-bond acceptors (Lipinski definition) is 7. The number of nitrogens with one attached hydrogen (secondary N) is 1. The minimum atomic E-state index is -0.676. The Labute approximate surface area is 170 Å². The maximum absolute atomic E-state index is 12.2. The highest BCUT2D eigenvalue weighted by Gasteiger charge is 2.35. The fraction of sp³-hybridized carbons (Fsp3) is 0.250. The van der Waals surface area contributed by atoms with Crippen molar-refractivity contribution in [1.82, 2.24) is 10.2 Å². The molecule has 2 aromatic rings. The first-order valence-electron chi connectivity index (χ1n) is 8.84. The molecule has 1 aliphatic heterocycles. The number of Topliss-reactive ketones (excluding diaryl/α,β-unsaturated/α-hetero) is 1. The Morgan fingerprint density at radius 2 is 1.69 bits per heavy atom. The van der Waals surface area contributed by atoms with Crippen LogP contribution in [0.25, 0.3) is 0 Å². The standard InChI is InChI=1S/C20H18N2O6S/c1-12(23)21-10-13-6-7-17(29-13)16(24)11-28-18(25)8-9-22-19(26)14-4-2-3-5-15(14)20(22)27/h2-7H,8-11H2,1H3,(H,21,23). The molecular formula is C20H18N2O6S. The van der Waals surface area contributed by atoms with Gasteiger partial charge in [-0.15, -0.1) is 11.3 Å². The van der Waals surface area contributed by atoms with E-state index in [4.69, 9.17) is 4.74 Å². The number of carbonyl (C=O) groups excluding carboxylic acids is 5. The third-order valence-electron chi connectivity index (χ3n) is 4.23. The van der Waals surface area contributed by atoms with Crippen LogP contribution in [0.3, 0.4) is 0 Å². The number of nitrogens with zero attached hydrogens (tertiary/aromatic N) is 1. The summed E-state index contributed by atoms with van der Waals surface area (Å²) in [7, 11) is 0. The van der Waals surface area contributed by atoms with Crippen molar-refractivity contribution >= 4 is 40.8 Å². The largest absolute Gasteiger partial charge is 0.457 e. The summed E-state index contributed by atoms with van der Waals surface area (Å²) in [4.78, 5) is 61.7. The van der Waals surface area contributed by atoms with Crippen molar-refractivity contribution in [2.75, 3.05) is 13.2 Å². The number of rotatable bonds is 8. The summed E-state index contributed by atoms with van der Waals surface area (Å²) in [5.74, 6) is -2.10. The van der Waals surface area contributed by atoms with Crippen LogP contribution in [0.5, 0.6) is 0 Å². The van der Waals surface area contributed by atoms with E-state index in [0.717, 1.165) is 9.78 Å². The molecule has 0 saturated heterocycles. The lowest BCUT2D eigenvalue weighted by Crippen LogP contribution is -2.32. The number of imide groups is 1. The van der Waals surface area contributed by atoms with Gasteiger partial charge in [0.15, 0.2) is 6.61 Å². The Morgan fingerprint density at radius 1 is 1.03 bits per heavy atom. The molecule has 0 bridgehead atoms. The van der Waals surface area contributed by atoms with E-state index >= 15 is 0 Å². The first-order valence-corrected chi connectivity index (χ1v) is 9.65. The lowest BCUT2D eigenvalue weighted by atomic mass is 10.1. The predicted octanol–water partition coefficient (Wildman–Crippen LogP) is 1.80. The zero-order chi connectivity index (χ0) is 21.0. The number of amides is 3. The van der Waals surface area contributed by atoms with Gasteiger partial charge in [0.25, 0.3) is 11.8 Å². The van der Waals surface area contributed by atoms with Gasteiger partial charge in [0.2, 0.25) is 11.7 Å². The molecule has 3 amide bonds. The average molecular weight is 414 g/mol. The van der Waals surface area contributed by atoms with Crippen molar-refractivity contribution in [2.24, 2.45) is 0 Å². The number of benzene rings is 1. The van der Waals surface area contributed by atoms with Crippen molar-refractivity contribution in [3.8, 4) is 0 Å². The molecule has 0 spiro atoms. The molecule has 0 unspecified atom stereocenters. The van der Waals surface area contributed by atoms with Gasteiger partial charge in [-0.05, 0) is 24.3 Å². The normalized spacial score (nSPS) is 12.7. The summed E-state index contributed by atoms with van der Waals surface area (Å²) < 4.78 is 4.97. The van der Waals surface area contributed by atoms with Gasteiger partial charge >= 0.3 is 5.97 Å². The molecule has 1 aromatic heterocycles. The molecule has 9 heteroatoms. The Balaban J connectivity index is 1.46. The summed E-state index contributed by atoms with van der Waals surface area (Å²) in [5, 5.41) is 2.64. The molecule has 0 atom stereocenters. The van der Waals surface area contributed by atoms with Gasteiger partial charge in [-0.25, -0.2) is 0 Å². The Bertz CT molecular complexity index is 961. The van der Waals surface area contributed by atoms with Crippen LogP contribution in [0.1, 0.15) is 48.6 Å². The van der Waals surface area contributed by atoms with E-state index in [2.05, 4.69) is 5.32 Å². The highest BCUT2D eigenvalue weighted by molar-refractivity contribution is 7.14. The molecule has 0 aliphatic carbocycles. The lowest BCUT2D eigenvalue weighted by molar-refractivity contribution is -0.142. The van der Waals surface area contributed by atoms with Crippen LogP contribution >= 0.6 is 11.3 Å². The maximum atomic E-state index is 12.2. The molecule has 0 radical (unpaired) electrons. The zero-order valence-corrected chi connectivity index (χ0v) is 16.4. The first kappa shape index (κ1) is 20.4. The summed E-state index contributed by atoms with van der Waals surface area (Å²) >= 11 is 1.21. The van der Waals surface area contributed by atoms with Crippen LogP contribution in [-0.2, 0) is 20.9 Å². The maximum Gasteiger partial charge on any atom is 0.308 e. The smallest absolute Gasteiger partial charge is 0.308 e. The van der Waals surface area contributed by atoms with E-state index in [-0.39, 0.29) is 24.7 Å². The van der Waals surface area contributed by atoms with Crippen molar-refractivity contribution in [2.45, 2.75) is 19.9 Å². The number of hydrogen-bond donors (Lipinski definition) is 1. The van der Waals surface area contributed by atoms with Crippen molar-refractivity contribution < 1.29 is 28.7 Å². The van der Waals surface area contributed by atoms with Gasteiger partial charge in [0.05, 0.1) is 29.0 Å². The van der Waals surface area contributed by atoms with E-state index in [1.807, 2.05) is 0 Å². The van der Waals surface area contributed by atoms with E-state index in [1.54, 1.807) is 36.4 Å². The predicted molar refractivity (Wildman–Crippen MR) is 104 cm³/mol. The molecule has 1 N–H and O–H groups in total. The second kappa shape index (κ2) is 8.78. The fourth-order valence-electron chi connectivity index (χ4n) is 2.77. The average Bonchev–Trinajstić information content (AvgIpc) is 3.27. The Kier molecular flexibility index (Phi) is 6.18. The number of ketones is 1. The first-order chi connectivity index (χ1) is 13.9. The van der Waals surface area contributed by atoms with Gasteiger partial charge < -0.3 is 10.1 Å². The van der Waals surface area contributed by atoms with E-state index < -0.39 is 24.4 Å². The SMILES string of the molecule is CC(=O)NCc1ccc(C(=O)COC(=O)CCN2C(=O)c3ccccc3C2=O)s1. The lowest BCUT2D eigenvalue weighted by Gasteiger charge is -2.12. The molecule has 1 aliphatic rings. The quantitative estimate of drug-likeness (QED) is 0.401. The summed E-state index contributed by atoms with van der Waals surface area (Å²) in [6.45, 7) is 1.19. The highest BCUT2D eigenvalue weighted by Crippen LogP contribution is 2.22. The molecule has 0 fully saturated rings. The van der Waals surface area contributed by atoms with E-state index in [0.29, 0.717) is 22.5 Å². The summed E-state index contributed by atoms with van der Waals surface area (Å²) in [5.41, 5.74) is 0.627. The Hall–Kier alpha value is -3.33. The van der Waals surface area contributed by atoms with Crippen molar-refractivity contribution in [3.05, 3.63) is 57.3 Å². The van der Waals surface area contributed by atoms with Gasteiger partial charge in [-0.2, -0.15) is 0 Å². The molecule has 0 saturated carbocycles. The van der Waals surface area contributed by atoms with E-state index in [9.17, 15) is 24.0 Å². The zero-order valence-electron chi connectivity index (χ0n) is 15.6. The minimum Gasteiger partial charge on any atom is -0.457 e.